The number of hydrogen-bond donors (Lipinski definition) is 1. The molecule has 5 heteroatoms. The van der Waals surface area contributed by atoms with Crippen LogP contribution >= 0.6 is 0 Å². The highest BCUT2D eigenvalue weighted by molar-refractivity contribution is 5.60. The van der Waals surface area contributed by atoms with Crippen molar-refractivity contribution in [1.82, 2.24) is 9.97 Å². The van der Waals surface area contributed by atoms with Gasteiger partial charge in [0, 0.05) is 43.2 Å². The van der Waals surface area contributed by atoms with E-state index in [1.807, 2.05) is 18.3 Å². The van der Waals surface area contributed by atoms with Crippen molar-refractivity contribution in [3.05, 3.63) is 72.4 Å². The van der Waals surface area contributed by atoms with Crippen molar-refractivity contribution in [3.8, 4) is 0 Å². The normalized spacial score (nSPS) is 10.8. The van der Waals surface area contributed by atoms with E-state index in [1.165, 1.54) is 11.3 Å². The Kier molecular flexibility index (Phi) is 7.06. The molecule has 0 atom stereocenters. The lowest BCUT2D eigenvalue weighted by molar-refractivity contribution is 0.672. The number of benzene rings is 2. The van der Waals surface area contributed by atoms with Gasteiger partial charge >= 0.3 is 0 Å². The van der Waals surface area contributed by atoms with E-state index in [4.69, 9.17) is 4.98 Å². The van der Waals surface area contributed by atoms with E-state index in [9.17, 15) is 0 Å². The Morgan fingerprint density at radius 3 is 2.21 bits per heavy atom. The van der Waals surface area contributed by atoms with Gasteiger partial charge in [-0.05, 0) is 63.6 Å². The van der Waals surface area contributed by atoms with Crippen molar-refractivity contribution in [3.63, 3.8) is 0 Å². The Bertz CT molecular complexity index is 873. The fourth-order valence-electron chi connectivity index (χ4n) is 3.35. The van der Waals surface area contributed by atoms with Crippen molar-refractivity contribution in [1.29, 1.82) is 0 Å². The van der Waals surface area contributed by atoms with Gasteiger partial charge in [0.2, 0.25) is 5.95 Å². The number of nitrogens with one attached hydrogen (secondary N) is 1. The molecule has 0 radical (unpaired) electrons. The number of rotatable bonds is 9. The number of anilines is 4. The highest BCUT2D eigenvalue weighted by Gasteiger charge is 2.14. The first-order valence-corrected chi connectivity index (χ1v) is 10.4. The first-order valence-electron chi connectivity index (χ1n) is 10.4. The van der Waals surface area contributed by atoms with E-state index in [2.05, 4.69) is 96.3 Å². The summed E-state index contributed by atoms with van der Waals surface area (Å²) in [5.41, 5.74) is 3.47. The van der Waals surface area contributed by atoms with Gasteiger partial charge in [0.05, 0.1) is 0 Å². The molecule has 3 aromatic rings. The summed E-state index contributed by atoms with van der Waals surface area (Å²) in [6.07, 6.45) is 1.81. The third-order valence-electron chi connectivity index (χ3n) is 5.01. The van der Waals surface area contributed by atoms with Crippen LogP contribution in [0.1, 0.15) is 33.3 Å². The van der Waals surface area contributed by atoms with Crippen LogP contribution in [0.2, 0.25) is 0 Å². The van der Waals surface area contributed by atoms with E-state index < -0.39 is 0 Å². The lowest BCUT2D eigenvalue weighted by Crippen LogP contribution is -2.31. The molecule has 3 rings (SSSR count). The van der Waals surface area contributed by atoms with E-state index in [1.54, 1.807) is 0 Å². The van der Waals surface area contributed by atoms with E-state index >= 15 is 0 Å². The molecule has 0 bridgehead atoms. The van der Waals surface area contributed by atoms with Crippen LogP contribution in [-0.4, -0.2) is 29.1 Å². The van der Waals surface area contributed by atoms with Crippen molar-refractivity contribution in [2.75, 3.05) is 28.2 Å². The minimum atomic E-state index is 0.325. The molecule has 1 heterocycles. The molecule has 0 fully saturated rings. The van der Waals surface area contributed by atoms with Crippen LogP contribution < -0.4 is 15.1 Å². The predicted molar refractivity (Wildman–Crippen MR) is 123 cm³/mol. The molecule has 0 unspecified atom stereocenters. The van der Waals surface area contributed by atoms with Crippen LogP contribution in [0.15, 0.2) is 66.9 Å². The summed E-state index contributed by atoms with van der Waals surface area (Å²) in [4.78, 5) is 13.8. The SMILES string of the molecule is CCN(CC)c1ccc(Nc2nccc(N(Cc3ccccc3)C(C)C)n2)cc1. The summed E-state index contributed by atoms with van der Waals surface area (Å²) in [6.45, 7) is 11.5. The van der Waals surface area contributed by atoms with Gasteiger partial charge in [0.15, 0.2) is 0 Å². The zero-order chi connectivity index (χ0) is 20.6. The third-order valence-corrected chi connectivity index (χ3v) is 5.01. The van der Waals surface area contributed by atoms with Gasteiger partial charge in [-0.15, -0.1) is 0 Å². The molecule has 0 saturated heterocycles. The van der Waals surface area contributed by atoms with Crippen LogP contribution in [0.25, 0.3) is 0 Å². The van der Waals surface area contributed by atoms with Gasteiger partial charge < -0.3 is 15.1 Å². The maximum absolute atomic E-state index is 4.77. The van der Waals surface area contributed by atoms with Crippen LogP contribution in [0.4, 0.5) is 23.1 Å². The largest absolute Gasteiger partial charge is 0.372 e. The highest BCUT2D eigenvalue weighted by atomic mass is 15.2. The molecule has 2 aromatic carbocycles. The predicted octanol–water partition coefficient (Wildman–Crippen LogP) is 5.48. The van der Waals surface area contributed by atoms with Crippen molar-refractivity contribution in [2.24, 2.45) is 0 Å². The van der Waals surface area contributed by atoms with E-state index in [0.717, 1.165) is 31.1 Å². The number of hydrogen-bond acceptors (Lipinski definition) is 5. The summed E-state index contributed by atoms with van der Waals surface area (Å²) in [5.74, 6) is 1.53. The Labute approximate surface area is 174 Å². The second-order valence-electron chi connectivity index (χ2n) is 7.29. The first-order chi connectivity index (χ1) is 14.1. The summed E-state index contributed by atoms with van der Waals surface area (Å²) >= 11 is 0. The number of aromatic nitrogens is 2. The van der Waals surface area contributed by atoms with Crippen LogP contribution in [0, 0.1) is 0 Å². The van der Waals surface area contributed by atoms with Crippen LogP contribution in [-0.2, 0) is 6.54 Å². The Balaban J connectivity index is 1.76. The molecule has 0 amide bonds. The molecular weight excluding hydrogens is 358 g/mol. The summed E-state index contributed by atoms with van der Waals surface area (Å²) in [6, 6.07) is 21.2. The van der Waals surface area contributed by atoms with Crippen molar-refractivity contribution < 1.29 is 0 Å². The zero-order valence-corrected chi connectivity index (χ0v) is 17.8. The smallest absolute Gasteiger partial charge is 0.229 e. The molecule has 0 aliphatic rings. The van der Waals surface area contributed by atoms with Gasteiger partial charge in [-0.25, -0.2) is 4.98 Å². The molecule has 5 nitrogen and oxygen atoms in total. The number of nitrogens with zero attached hydrogens (tertiary/aromatic N) is 4. The van der Waals surface area contributed by atoms with Crippen LogP contribution in [0.5, 0.6) is 0 Å². The molecule has 1 N–H and O–H groups in total. The summed E-state index contributed by atoms with van der Waals surface area (Å²) < 4.78 is 0. The summed E-state index contributed by atoms with van der Waals surface area (Å²) in [7, 11) is 0. The minimum Gasteiger partial charge on any atom is -0.372 e. The molecule has 29 heavy (non-hydrogen) atoms. The maximum Gasteiger partial charge on any atom is 0.229 e. The Morgan fingerprint density at radius 2 is 1.59 bits per heavy atom. The molecule has 0 saturated carbocycles. The zero-order valence-electron chi connectivity index (χ0n) is 17.8. The first kappa shape index (κ1) is 20.6. The summed E-state index contributed by atoms with van der Waals surface area (Å²) in [5, 5.41) is 3.34. The molecule has 152 valence electrons. The standard InChI is InChI=1S/C24H31N5/c1-5-28(6-2)22-14-12-21(13-15-22)26-24-25-17-16-23(27-24)29(19(3)4)18-20-10-8-7-9-11-20/h7-17,19H,5-6,18H2,1-4H3,(H,25,26,27). The van der Waals surface area contributed by atoms with Crippen molar-refractivity contribution >= 4 is 23.1 Å². The van der Waals surface area contributed by atoms with Crippen LogP contribution in [0.3, 0.4) is 0 Å². The molecule has 0 aliphatic heterocycles. The molecule has 0 spiro atoms. The highest BCUT2D eigenvalue weighted by Crippen LogP contribution is 2.22. The minimum absolute atomic E-state index is 0.325. The average molecular weight is 390 g/mol. The molecule has 0 aliphatic carbocycles. The molecular formula is C24H31N5. The average Bonchev–Trinajstić information content (AvgIpc) is 2.75. The third kappa shape index (κ3) is 5.47. The van der Waals surface area contributed by atoms with Gasteiger partial charge in [-0.2, -0.15) is 4.98 Å². The van der Waals surface area contributed by atoms with Gasteiger partial charge in [-0.3, -0.25) is 0 Å². The fourth-order valence-corrected chi connectivity index (χ4v) is 3.35. The Hall–Kier alpha value is -3.08. The van der Waals surface area contributed by atoms with E-state index in [-0.39, 0.29) is 0 Å². The van der Waals surface area contributed by atoms with Gasteiger partial charge in [0.1, 0.15) is 5.82 Å². The van der Waals surface area contributed by atoms with Gasteiger partial charge in [-0.1, -0.05) is 30.3 Å². The Morgan fingerprint density at radius 1 is 0.897 bits per heavy atom. The van der Waals surface area contributed by atoms with Gasteiger partial charge in [0.25, 0.3) is 0 Å². The second kappa shape index (κ2) is 9.92. The quantitative estimate of drug-likeness (QED) is 0.525. The second-order valence-corrected chi connectivity index (χ2v) is 7.29. The molecule has 1 aromatic heterocycles. The monoisotopic (exact) mass is 389 g/mol. The van der Waals surface area contributed by atoms with E-state index in [0.29, 0.717) is 12.0 Å². The topological polar surface area (TPSA) is 44.3 Å². The van der Waals surface area contributed by atoms with Crippen molar-refractivity contribution in [2.45, 2.75) is 40.3 Å². The lowest BCUT2D eigenvalue weighted by atomic mass is 10.2. The maximum atomic E-state index is 4.77. The fraction of sp³-hybridized carbons (Fsp3) is 0.333. The lowest BCUT2D eigenvalue weighted by Gasteiger charge is -2.28.